The van der Waals surface area contributed by atoms with E-state index >= 15 is 0 Å². The average Bonchev–Trinajstić information content (AvgIpc) is 2.70. The van der Waals surface area contributed by atoms with Gasteiger partial charge in [-0.3, -0.25) is 4.98 Å². The van der Waals surface area contributed by atoms with E-state index in [-0.39, 0.29) is 5.82 Å². The first-order chi connectivity index (χ1) is 7.27. The quantitative estimate of drug-likeness (QED) is 0.932. The molecule has 0 amide bonds. The maximum atomic E-state index is 13.4. The van der Waals surface area contributed by atoms with E-state index in [1.165, 1.54) is 6.07 Å². The van der Waals surface area contributed by atoms with Crippen LogP contribution in [0.15, 0.2) is 34.4 Å². The molecule has 0 atom stereocenters. The molecule has 2 rings (SSSR count). The Hall–Kier alpha value is -0.940. The highest BCUT2D eigenvalue weighted by atomic mass is 79.9. The summed E-state index contributed by atoms with van der Waals surface area (Å²) in [6.45, 7) is 0.587. The molecule has 78 valence electrons. The summed E-state index contributed by atoms with van der Waals surface area (Å²) in [4.78, 5) is 5.03. The standard InChI is InChI=1S/C10H8BrFN2S/c11-8-2-1-3-9(12)10(8)14-5-7-4-13-6-15-7/h1-4,6,14H,5H2. The molecule has 0 unspecified atom stereocenters. The van der Waals surface area contributed by atoms with Crippen LogP contribution in [0.3, 0.4) is 0 Å². The Bertz CT molecular complexity index is 424. The summed E-state index contributed by atoms with van der Waals surface area (Å²) in [6.07, 6.45) is 1.77. The van der Waals surface area contributed by atoms with Gasteiger partial charge in [-0.15, -0.1) is 11.3 Å². The Labute approximate surface area is 99.3 Å². The molecule has 1 heterocycles. The third kappa shape index (κ3) is 2.54. The van der Waals surface area contributed by atoms with Crippen LogP contribution in [0.4, 0.5) is 10.1 Å². The minimum absolute atomic E-state index is 0.256. The minimum Gasteiger partial charge on any atom is -0.377 e. The second kappa shape index (κ2) is 4.72. The Balaban J connectivity index is 2.11. The number of nitrogens with zero attached hydrogens (tertiary/aromatic N) is 1. The number of halogens is 2. The molecule has 1 aromatic carbocycles. The molecule has 0 bridgehead atoms. The highest BCUT2D eigenvalue weighted by molar-refractivity contribution is 9.10. The zero-order chi connectivity index (χ0) is 10.7. The van der Waals surface area contributed by atoms with Crippen molar-refractivity contribution in [2.24, 2.45) is 0 Å². The van der Waals surface area contributed by atoms with Gasteiger partial charge in [0.15, 0.2) is 0 Å². The summed E-state index contributed by atoms with van der Waals surface area (Å²) >= 11 is 4.84. The van der Waals surface area contributed by atoms with Crippen molar-refractivity contribution in [2.45, 2.75) is 6.54 Å². The van der Waals surface area contributed by atoms with Crippen LogP contribution in [0.1, 0.15) is 4.88 Å². The van der Waals surface area contributed by atoms with Crippen LogP contribution < -0.4 is 5.32 Å². The van der Waals surface area contributed by atoms with E-state index in [4.69, 9.17) is 0 Å². The molecule has 0 aliphatic carbocycles. The molecular formula is C10H8BrFN2S. The zero-order valence-electron chi connectivity index (χ0n) is 7.71. The van der Waals surface area contributed by atoms with Crippen LogP contribution in [0.25, 0.3) is 0 Å². The first-order valence-corrected chi connectivity index (χ1v) is 6.00. The highest BCUT2D eigenvalue weighted by Crippen LogP contribution is 2.25. The summed E-state index contributed by atoms with van der Waals surface area (Å²) in [5.74, 6) is -0.256. The van der Waals surface area contributed by atoms with Gasteiger partial charge in [-0.2, -0.15) is 0 Å². The number of para-hydroxylation sites is 1. The topological polar surface area (TPSA) is 24.9 Å². The van der Waals surface area contributed by atoms with Gasteiger partial charge < -0.3 is 5.32 Å². The van der Waals surface area contributed by atoms with Crippen molar-refractivity contribution in [3.8, 4) is 0 Å². The molecule has 0 aliphatic rings. The maximum Gasteiger partial charge on any atom is 0.147 e. The zero-order valence-corrected chi connectivity index (χ0v) is 10.1. The predicted octanol–water partition coefficient (Wildman–Crippen LogP) is 3.66. The molecule has 2 aromatic rings. The number of benzene rings is 1. The van der Waals surface area contributed by atoms with Crippen LogP contribution in [0.5, 0.6) is 0 Å². The van der Waals surface area contributed by atoms with Gasteiger partial charge in [-0.1, -0.05) is 6.07 Å². The fourth-order valence-corrected chi connectivity index (χ4v) is 2.19. The van der Waals surface area contributed by atoms with Crippen molar-refractivity contribution < 1.29 is 4.39 Å². The normalized spacial score (nSPS) is 10.3. The molecule has 2 nitrogen and oxygen atoms in total. The van der Waals surface area contributed by atoms with E-state index in [1.807, 2.05) is 0 Å². The van der Waals surface area contributed by atoms with Gasteiger partial charge in [-0.25, -0.2) is 4.39 Å². The lowest BCUT2D eigenvalue weighted by Crippen LogP contribution is -2.00. The molecule has 0 spiro atoms. The van der Waals surface area contributed by atoms with Crippen LogP contribution in [0, 0.1) is 5.82 Å². The summed E-state index contributed by atoms with van der Waals surface area (Å²) in [7, 11) is 0. The van der Waals surface area contributed by atoms with E-state index in [2.05, 4.69) is 26.2 Å². The van der Waals surface area contributed by atoms with Crippen molar-refractivity contribution in [1.82, 2.24) is 4.98 Å². The number of aromatic nitrogens is 1. The average molecular weight is 287 g/mol. The minimum atomic E-state index is -0.256. The molecule has 0 saturated heterocycles. The fourth-order valence-electron chi connectivity index (χ4n) is 1.17. The lowest BCUT2D eigenvalue weighted by atomic mass is 10.3. The summed E-state index contributed by atoms with van der Waals surface area (Å²) in [5, 5.41) is 3.03. The Morgan fingerprint density at radius 3 is 3.00 bits per heavy atom. The van der Waals surface area contributed by atoms with E-state index < -0.39 is 0 Å². The van der Waals surface area contributed by atoms with Crippen molar-refractivity contribution in [3.05, 3.63) is 45.1 Å². The smallest absolute Gasteiger partial charge is 0.147 e. The third-order valence-corrected chi connectivity index (χ3v) is 3.33. The molecule has 1 aromatic heterocycles. The Morgan fingerprint density at radius 1 is 1.47 bits per heavy atom. The first kappa shape index (κ1) is 10.6. The first-order valence-electron chi connectivity index (χ1n) is 4.32. The van der Waals surface area contributed by atoms with E-state index in [9.17, 15) is 4.39 Å². The second-order valence-corrected chi connectivity index (χ2v) is 4.74. The van der Waals surface area contributed by atoms with Crippen molar-refractivity contribution >= 4 is 33.0 Å². The van der Waals surface area contributed by atoms with Crippen molar-refractivity contribution in [3.63, 3.8) is 0 Å². The second-order valence-electron chi connectivity index (χ2n) is 2.92. The lowest BCUT2D eigenvalue weighted by molar-refractivity contribution is 0.629. The van der Waals surface area contributed by atoms with Crippen molar-refractivity contribution in [2.75, 3.05) is 5.32 Å². The van der Waals surface area contributed by atoms with E-state index in [0.717, 1.165) is 9.35 Å². The Morgan fingerprint density at radius 2 is 2.33 bits per heavy atom. The van der Waals surface area contributed by atoms with Crippen LogP contribution in [-0.4, -0.2) is 4.98 Å². The fraction of sp³-hybridized carbons (Fsp3) is 0.100. The predicted molar refractivity (Wildman–Crippen MR) is 63.5 cm³/mol. The largest absolute Gasteiger partial charge is 0.377 e. The lowest BCUT2D eigenvalue weighted by Gasteiger charge is -2.07. The number of hydrogen-bond donors (Lipinski definition) is 1. The van der Waals surface area contributed by atoms with Crippen molar-refractivity contribution in [1.29, 1.82) is 0 Å². The molecule has 0 radical (unpaired) electrons. The third-order valence-electron chi connectivity index (χ3n) is 1.89. The molecule has 0 aliphatic heterocycles. The monoisotopic (exact) mass is 286 g/mol. The van der Waals surface area contributed by atoms with Crippen LogP contribution in [-0.2, 0) is 6.54 Å². The SMILES string of the molecule is Fc1cccc(Br)c1NCc1cncs1. The number of thiazole rings is 1. The van der Waals surface area contributed by atoms with Gasteiger partial charge in [0.1, 0.15) is 5.82 Å². The molecule has 1 N–H and O–H groups in total. The van der Waals surface area contributed by atoms with E-state index in [0.29, 0.717) is 12.2 Å². The van der Waals surface area contributed by atoms with Gasteiger partial charge in [0.05, 0.1) is 17.7 Å². The van der Waals surface area contributed by atoms with Gasteiger partial charge in [0, 0.05) is 15.5 Å². The van der Waals surface area contributed by atoms with Gasteiger partial charge in [0.2, 0.25) is 0 Å². The van der Waals surface area contributed by atoms with Gasteiger partial charge in [-0.05, 0) is 28.1 Å². The Kier molecular flexibility index (Phi) is 3.33. The molecule has 15 heavy (non-hydrogen) atoms. The highest BCUT2D eigenvalue weighted by Gasteiger charge is 2.05. The number of rotatable bonds is 3. The summed E-state index contributed by atoms with van der Waals surface area (Å²) in [5.41, 5.74) is 2.25. The number of nitrogens with one attached hydrogen (secondary N) is 1. The summed E-state index contributed by atoms with van der Waals surface area (Å²) in [6, 6.07) is 4.90. The maximum absolute atomic E-state index is 13.4. The van der Waals surface area contributed by atoms with Gasteiger partial charge in [0.25, 0.3) is 0 Å². The molecule has 0 saturated carbocycles. The van der Waals surface area contributed by atoms with Crippen LogP contribution >= 0.6 is 27.3 Å². The molecule has 0 fully saturated rings. The van der Waals surface area contributed by atoms with Crippen LogP contribution in [0.2, 0.25) is 0 Å². The number of anilines is 1. The van der Waals surface area contributed by atoms with Gasteiger partial charge >= 0.3 is 0 Å². The molecule has 5 heteroatoms. The summed E-state index contributed by atoms with van der Waals surface area (Å²) < 4.78 is 14.1. The number of hydrogen-bond acceptors (Lipinski definition) is 3. The molecular weight excluding hydrogens is 279 g/mol. The van der Waals surface area contributed by atoms with E-state index in [1.54, 1.807) is 35.2 Å².